The molecule has 0 N–H and O–H groups in total. The Kier molecular flexibility index (Phi) is 3.83. The first-order chi connectivity index (χ1) is 6.02. The summed E-state index contributed by atoms with van der Waals surface area (Å²) < 4.78 is 4.49. The molecule has 2 aliphatic rings. The SMILES string of the molecule is SC1=C(S)S[N+]2(S1)SC(S)=C(S)S2. The standard InChI is InChI=1S/C4H3NS8/c6-1-2(7)11-5(10-1)12-3(8)4(9)13-5/h(H3-,6,7,8,9)/p+1. The van der Waals surface area contributed by atoms with E-state index in [-0.39, 0.29) is 0 Å². The van der Waals surface area contributed by atoms with Gasteiger partial charge in [-0.15, -0.1) is 50.5 Å². The Morgan fingerprint density at radius 1 is 0.615 bits per heavy atom. The fourth-order valence-electron chi connectivity index (χ4n) is 0.692. The lowest BCUT2D eigenvalue weighted by Crippen LogP contribution is -2.06. The molecule has 0 aromatic carbocycles. The minimum absolute atomic E-state index is 0.662. The van der Waals surface area contributed by atoms with Gasteiger partial charge in [0.15, 0.2) is 47.8 Å². The molecular formula is C4H4NS8+. The summed E-state index contributed by atoms with van der Waals surface area (Å²) in [6.07, 6.45) is 0. The largest absolute Gasteiger partial charge is 0.161 e. The predicted molar refractivity (Wildman–Crippen MR) is 80.6 cm³/mol. The fourth-order valence-corrected chi connectivity index (χ4v) is 9.82. The third-order valence-electron chi connectivity index (χ3n) is 1.16. The van der Waals surface area contributed by atoms with Crippen molar-refractivity contribution < 1.29 is 2.10 Å². The average Bonchev–Trinajstić information content (AvgIpc) is 2.39. The monoisotopic (exact) mass is 322 g/mol. The minimum atomic E-state index is 0.662. The second kappa shape index (κ2) is 4.25. The summed E-state index contributed by atoms with van der Waals surface area (Å²) in [7, 11) is 0. The van der Waals surface area contributed by atoms with Crippen LogP contribution >= 0.6 is 98.3 Å². The molecule has 0 aromatic heterocycles. The number of hydrogen-bond donors (Lipinski definition) is 4. The summed E-state index contributed by atoms with van der Waals surface area (Å²) in [5, 5.41) is 0. The van der Waals surface area contributed by atoms with Crippen molar-refractivity contribution in [2.75, 3.05) is 0 Å². The molecule has 0 saturated heterocycles. The van der Waals surface area contributed by atoms with Gasteiger partial charge in [-0.3, -0.25) is 0 Å². The first-order valence-corrected chi connectivity index (χ1v) is 7.82. The van der Waals surface area contributed by atoms with Gasteiger partial charge in [0.05, 0.1) is 0 Å². The van der Waals surface area contributed by atoms with E-state index in [0.29, 0.717) is 2.10 Å². The van der Waals surface area contributed by atoms with Gasteiger partial charge in [0.2, 0.25) is 0 Å². The molecule has 13 heavy (non-hydrogen) atoms. The van der Waals surface area contributed by atoms with Gasteiger partial charge < -0.3 is 0 Å². The molecule has 9 heteroatoms. The Morgan fingerprint density at radius 3 is 1.08 bits per heavy atom. The van der Waals surface area contributed by atoms with E-state index in [1.807, 2.05) is 0 Å². The zero-order chi connectivity index (χ0) is 9.64. The van der Waals surface area contributed by atoms with Gasteiger partial charge in [-0.1, -0.05) is 2.10 Å². The van der Waals surface area contributed by atoms with Crippen LogP contribution in [0.25, 0.3) is 0 Å². The molecule has 72 valence electrons. The van der Waals surface area contributed by atoms with Crippen LogP contribution in [0.1, 0.15) is 0 Å². The van der Waals surface area contributed by atoms with Gasteiger partial charge in [-0.05, 0) is 0 Å². The topological polar surface area (TPSA) is 0 Å². The summed E-state index contributed by atoms with van der Waals surface area (Å²) >= 11 is 23.9. The van der Waals surface area contributed by atoms with Crippen LogP contribution in [0.3, 0.4) is 0 Å². The highest BCUT2D eigenvalue weighted by molar-refractivity contribution is 8.42. The Balaban J connectivity index is 2.16. The zero-order valence-electron chi connectivity index (χ0n) is 5.87. The number of hydrogen-bond acceptors (Lipinski definition) is 8. The maximum atomic E-state index is 4.33. The number of thiol groups is 4. The molecule has 0 unspecified atom stereocenters. The van der Waals surface area contributed by atoms with Crippen LogP contribution in [0.2, 0.25) is 0 Å². The van der Waals surface area contributed by atoms with Crippen LogP contribution in [-0.2, 0) is 0 Å². The van der Waals surface area contributed by atoms with E-state index in [9.17, 15) is 0 Å². The Hall–Kier alpha value is 2.24. The predicted octanol–water partition coefficient (Wildman–Crippen LogP) is 4.40. The van der Waals surface area contributed by atoms with Crippen molar-refractivity contribution in [1.29, 1.82) is 0 Å². The highest BCUT2D eigenvalue weighted by Crippen LogP contribution is 2.71. The molecule has 0 atom stereocenters. The second-order valence-corrected chi connectivity index (χ2v) is 11.0. The van der Waals surface area contributed by atoms with Crippen LogP contribution in [0.15, 0.2) is 16.9 Å². The quantitative estimate of drug-likeness (QED) is 0.296. The lowest BCUT2D eigenvalue weighted by atomic mass is 11.2. The van der Waals surface area contributed by atoms with Crippen molar-refractivity contribution in [3.63, 3.8) is 0 Å². The van der Waals surface area contributed by atoms with Crippen LogP contribution in [0.5, 0.6) is 0 Å². The number of nitrogens with zero attached hydrogens (tertiary/aromatic N) is 1. The summed E-state index contributed by atoms with van der Waals surface area (Å²) in [6.45, 7) is 0. The number of quaternary nitrogens is 1. The normalized spacial score (nSPS) is 26.8. The smallest absolute Gasteiger partial charge is 0.129 e. The molecule has 1 nitrogen and oxygen atoms in total. The van der Waals surface area contributed by atoms with Crippen molar-refractivity contribution in [2.45, 2.75) is 0 Å². The van der Waals surface area contributed by atoms with E-state index in [2.05, 4.69) is 50.5 Å². The third-order valence-corrected chi connectivity index (χ3v) is 9.34. The van der Waals surface area contributed by atoms with E-state index in [0.717, 1.165) is 16.9 Å². The van der Waals surface area contributed by atoms with E-state index in [1.54, 1.807) is 47.8 Å². The van der Waals surface area contributed by atoms with Crippen LogP contribution in [0.4, 0.5) is 0 Å². The maximum Gasteiger partial charge on any atom is 0.161 e. The van der Waals surface area contributed by atoms with Gasteiger partial charge in [-0.2, -0.15) is 0 Å². The van der Waals surface area contributed by atoms with Gasteiger partial charge in [0.25, 0.3) is 0 Å². The molecule has 2 heterocycles. The van der Waals surface area contributed by atoms with Crippen LogP contribution < -0.4 is 0 Å². The fraction of sp³-hybridized carbons (Fsp3) is 0. The molecule has 0 saturated carbocycles. The van der Waals surface area contributed by atoms with Gasteiger partial charge >= 0.3 is 0 Å². The molecule has 0 fully saturated rings. The molecule has 0 amide bonds. The van der Waals surface area contributed by atoms with Crippen LogP contribution in [0, 0.1) is 0 Å². The Bertz CT molecular complexity index is 255. The molecule has 0 radical (unpaired) electrons. The molecular weight excluding hydrogens is 319 g/mol. The summed E-state index contributed by atoms with van der Waals surface area (Å²) in [5.74, 6) is 0. The van der Waals surface area contributed by atoms with Gasteiger partial charge in [0.1, 0.15) is 16.9 Å². The number of rotatable bonds is 0. The molecule has 0 bridgehead atoms. The van der Waals surface area contributed by atoms with Crippen molar-refractivity contribution in [1.82, 2.24) is 0 Å². The van der Waals surface area contributed by atoms with E-state index in [4.69, 9.17) is 0 Å². The first kappa shape index (κ1) is 11.7. The van der Waals surface area contributed by atoms with Crippen molar-refractivity contribution >= 4 is 98.3 Å². The molecule has 1 spiro atoms. The zero-order valence-corrected chi connectivity index (χ0v) is 12.7. The highest BCUT2D eigenvalue weighted by Gasteiger charge is 2.51. The minimum Gasteiger partial charge on any atom is -0.129 e. The van der Waals surface area contributed by atoms with Crippen LogP contribution in [-0.4, -0.2) is 2.10 Å². The lowest BCUT2D eigenvalue weighted by Gasteiger charge is -2.15. The molecule has 0 aliphatic carbocycles. The lowest BCUT2D eigenvalue weighted by molar-refractivity contribution is -0.264. The Morgan fingerprint density at radius 2 is 0.846 bits per heavy atom. The van der Waals surface area contributed by atoms with Gasteiger partial charge in [-0.25, -0.2) is 0 Å². The molecule has 2 rings (SSSR count). The summed E-state index contributed by atoms with van der Waals surface area (Å²) in [5.41, 5.74) is 0. The second-order valence-electron chi connectivity index (χ2n) is 2.03. The van der Waals surface area contributed by atoms with E-state index >= 15 is 0 Å². The van der Waals surface area contributed by atoms with Gasteiger partial charge in [0, 0.05) is 0 Å². The average molecular weight is 323 g/mol. The maximum absolute atomic E-state index is 4.33. The Labute approximate surface area is 116 Å². The molecule has 2 aliphatic heterocycles. The highest BCUT2D eigenvalue weighted by atomic mass is 32.4. The first-order valence-electron chi connectivity index (χ1n) is 2.94. The van der Waals surface area contributed by atoms with Crippen molar-refractivity contribution in [2.24, 2.45) is 0 Å². The van der Waals surface area contributed by atoms with Crippen molar-refractivity contribution in [3.8, 4) is 0 Å². The van der Waals surface area contributed by atoms with E-state index < -0.39 is 0 Å². The van der Waals surface area contributed by atoms with E-state index in [1.165, 1.54) is 0 Å². The molecule has 0 aromatic rings. The van der Waals surface area contributed by atoms with Crippen molar-refractivity contribution in [3.05, 3.63) is 16.9 Å². The summed E-state index contributed by atoms with van der Waals surface area (Å²) in [6, 6.07) is 0. The summed E-state index contributed by atoms with van der Waals surface area (Å²) in [4.78, 5) is 0. The third kappa shape index (κ3) is 2.33.